The maximum absolute atomic E-state index is 12.3. The van der Waals surface area contributed by atoms with Gasteiger partial charge in [0.2, 0.25) is 0 Å². The first-order valence-electron chi connectivity index (χ1n) is 7.23. The molecule has 0 heterocycles. The van der Waals surface area contributed by atoms with Gasteiger partial charge in [0.05, 0.1) is 0 Å². The lowest BCUT2D eigenvalue weighted by Crippen LogP contribution is -2.37. The van der Waals surface area contributed by atoms with Crippen LogP contribution in [0.2, 0.25) is 0 Å². The molecule has 1 aliphatic rings. The lowest BCUT2D eigenvalue weighted by atomic mass is 9.93. The van der Waals surface area contributed by atoms with Crippen molar-refractivity contribution in [2.75, 3.05) is 0 Å². The number of benzene rings is 1. The number of hydrogen-bond donors (Lipinski definition) is 2. The molecule has 1 aromatic carbocycles. The van der Waals surface area contributed by atoms with Crippen LogP contribution >= 0.6 is 12.2 Å². The smallest absolute Gasteiger partial charge is 0.251 e. The van der Waals surface area contributed by atoms with Gasteiger partial charge in [0.15, 0.2) is 0 Å². The van der Waals surface area contributed by atoms with Gasteiger partial charge in [-0.15, -0.1) is 0 Å². The van der Waals surface area contributed by atoms with Crippen molar-refractivity contribution >= 4 is 23.1 Å². The lowest BCUT2D eigenvalue weighted by molar-refractivity contribution is 0.0926. The quantitative estimate of drug-likeness (QED) is 0.838. The first-order chi connectivity index (χ1) is 9.52. The van der Waals surface area contributed by atoms with Crippen molar-refractivity contribution in [3.05, 3.63) is 35.4 Å². The van der Waals surface area contributed by atoms with Crippen LogP contribution in [-0.4, -0.2) is 16.9 Å². The third kappa shape index (κ3) is 3.18. The Labute approximate surface area is 125 Å². The van der Waals surface area contributed by atoms with E-state index in [0.29, 0.717) is 16.5 Å². The second-order valence-electron chi connectivity index (χ2n) is 5.63. The average molecular weight is 290 g/mol. The first-order valence-corrected chi connectivity index (χ1v) is 7.64. The molecule has 108 valence electrons. The number of nitrogens with one attached hydrogen (secondary N) is 1. The summed E-state index contributed by atoms with van der Waals surface area (Å²) in [5.41, 5.74) is 6.97. The molecular formula is C16H22N2OS. The predicted molar refractivity (Wildman–Crippen MR) is 85.8 cm³/mol. The van der Waals surface area contributed by atoms with Gasteiger partial charge in [0.25, 0.3) is 5.91 Å². The molecule has 0 aliphatic heterocycles. The van der Waals surface area contributed by atoms with Gasteiger partial charge in [-0.2, -0.15) is 0 Å². The van der Waals surface area contributed by atoms with Crippen molar-refractivity contribution in [3.8, 4) is 0 Å². The van der Waals surface area contributed by atoms with Crippen molar-refractivity contribution in [2.24, 2.45) is 17.6 Å². The standard InChI is InChI=1S/C16H22N2OS/c1-3-11-7-8-14(10(11)2)18-16(19)13-6-4-5-12(9-13)15(17)20/h4-6,9-11,14H,3,7-8H2,1-2H3,(H2,17,20)(H,18,19). The van der Waals surface area contributed by atoms with E-state index in [9.17, 15) is 4.79 Å². The number of thiocarbonyl (C=S) groups is 1. The minimum atomic E-state index is -0.0308. The van der Waals surface area contributed by atoms with Crippen molar-refractivity contribution in [1.29, 1.82) is 0 Å². The Morgan fingerprint density at radius 1 is 1.40 bits per heavy atom. The van der Waals surface area contributed by atoms with Crippen LogP contribution < -0.4 is 11.1 Å². The fraction of sp³-hybridized carbons (Fsp3) is 0.500. The second-order valence-corrected chi connectivity index (χ2v) is 6.07. The van der Waals surface area contributed by atoms with Gasteiger partial charge < -0.3 is 11.1 Å². The molecule has 1 aliphatic carbocycles. The van der Waals surface area contributed by atoms with Crippen molar-refractivity contribution in [1.82, 2.24) is 5.32 Å². The molecule has 20 heavy (non-hydrogen) atoms. The van der Waals surface area contributed by atoms with E-state index in [2.05, 4.69) is 19.2 Å². The molecule has 0 spiro atoms. The molecule has 0 aromatic heterocycles. The van der Waals surface area contributed by atoms with Crippen LogP contribution in [0.3, 0.4) is 0 Å². The topological polar surface area (TPSA) is 55.1 Å². The maximum Gasteiger partial charge on any atom is 0.251 e. The molecule has 3 nitrogen and oxygen atoms in total. The SMILES string of the molecule is CCC1CCC(NC(=O)c2cccc(C(N)=S)c2)C1C. The Bertz CT molecular complexity index is 515. The van der Waals surface area contributed by atoms with Crippen molar-refractivity contribution in [3.63, 3.8) is 0 Å². The van der Waals surface area contributed by atoms with Gasteiger partial charge in [-0.05, 0) is 36.8 Å². The highest BCUT2D eigenvalue weighted by Gasteiger charge is 2.32. The van der Waals surface area contributed by atoms with Gasteiger partial charge >= 0.3 is 0 Å². The Morgan fingerprint density at radius 2 is 2.10 bits per heavy atom. The minimum Gasteiger partial charge on any atom is -0.389 e. The summed E-state index contributed by atoms with van der Waals surface area (Å²) in [6.45, 7) is 4.45. The molecule has 0 radical (unpaired) electrons. The molecule has 0 bridgehead atoms. The zero-order chi connectivity index (χ0) is 14.7. The highest BCUT2D eigenvalue weighted by Crippen LogP contribution is 2.33. The molecule has 1 saturated carbocycles. The summed E-state index contributed by atoms with van der Waals surface area (Å²) >= 11 is 4.95. The van der Waals surface area contributed by atoms with Gasteiger partial charge in [-0.3, -0.25) is 4.79 Å². The number of nitrogens with two attached hydrogens (primary N) is 1. The molecule has 3 unspecified atom stereocenters. The van der Waals surface area contributed by atoms with Gasteiger partial charge in [0.1, 0.15) is 4.99 Å². The van der Waals surface area contributed by atoms with E-state index in [1.807, 2.05) is 12.1 Å². The van der Waals surface area contributed by atoms with Crippen LogP contribution in [0.4, 0.5) is 0 Å². The summed E-state index contributed by atoms with van der Waals surface area (Å²) in [7, 11) is 0. The molecule has 1 fully saturated rings. The third-order valence-electron chi connectivity index (χ3n) is 4.48. The van der Waals surface area contributed by atoms with E-state index >= 15 is 0 Å². The molecule has 1 aromatic rings. The van der Waals surface area contributed by atoms with Crippen molar-refractivity contribution < 1.29 is 4.79 Å². The van der Waals surface area contributed by atoms with Crippen LogP contribution in [0.25, 0.3) is 0 Å². The summed E-state index contributed by atoms with van der Waals surface area (Å²) < 4.78 is 0. The summed E-state index contributed by atoms with van der Waals surface area (Å²) in [5.74, 6) is 1.24. The molecule has 3 atom stereocenters. The molecule has 1 amide bonds. The van der Waals surface area contributed by atoms with E-state index in [4.69, 9.17) is 18.0 Å². The first kappa shape index (κ1) is 15.0. The summed E-state index contributed by atoms with van der Waals surface area (Å²) in [4.78, 5) is 12.6. The number of rotatable bonds is 4. The number of carbonyl (C=O) groups excluding carboxylic acids is 1. The van der Waals surface area contributed by atoms with E-state index < -0.39 is 0 Å². The van der Waals surface area contributed by atoms with Crippen LogP contribution in [-0.2, 0) is 0 Å². The number of carbonyl (C=O) groups is 1. The second kappa shape index (κ2) is 6.35. The Hall–Kier alpha value is -1.42. The minimum absolute atomic E-state index is 0.0308. The predicted octanol–water partition coefficient (Wildman–Crippen LogP) is 2.88. The molecule has 3 N–H and O–H groups in total. The monoisotopic (exact) mass is 290 g/mol. The summed E-state index contributed by atoms with van der Waals surface area (Å²) in [6, 6.07) is 7.48. The highest BCUT2D eigenvalue weighted by molar-refractivity contribution is 7.80. The highest BCUT2D eigenvalue weighted by atomic mass is 32.1. The largest absolute Gasteiger partial charge is 0.389 e. The van der Waals surface area contributed by atoms with E-state index in [0.717, 1.165) is 17.9 Å². The van der Waals surface area contributed by atoms with Crippen LogP contribution in [0.5, 0.6) is 0 Å². The molecule has 4 heteroatoms. The average Bonchev–Trinajstić information content (AvgIpc) is 2.79. The third-order valence-corrected chi connectivity index (χ3v) is 4.71. The zero-order valence-corrected chi connectivity index (χ0v) is 12.9. The molecular weight excluding hydrogens is 268 g/mol. The van der Waals surface area contributed by atoms with Gasteiger partial charge in [-0.1, -0.05) is 44.6 Å². The van der Waals surface area contributed by atoms with E-state index in [-0.39, 0.29) is 11.9 Å². The number of amides is 1. The van der Waals surface area contributed by atoms with Crippen LogP contribution in [0.15, 0.2) is 24.3 Å². The Balaban J connectivity index is 2.05. The molecule has 0 saturated heterocycles. The Morgan fingerprint density at radius 3 is 2.70 bits per heavy atom. The lowest BCUT2D eigenvalue weighted by Gasteiger charge is -2.21. The van der Waals surface area contributed by atoms with E-state index in [1.165, 1.54) is 12.8 Å². The normalized spacial score (nSPS) is 25.4. The van der Waals surface area contributed by atoms with Crippen LogP contribution in [0, 0.1) is 11.8 Å². The Kier molecular flexibility index (Phi) is 4.76. The number of hydrogen-bond acceptors (Lipinski definition) is 2. The van der Waals surface area contributed by atoms with E-state index in [1.54, 1.807) is 12.1 Å². The fourth-order valence-electron chi connectivity index (χ4n) is 3.09. The van der Waals surface area contributed by atoms with Gasteiger partial charge in [-0.25, -0.2) is 0 Å². The van der Waals surface area contributed by atoms with Gasteiger partial charge in [0, 0.05) is 17.2 Å². The summed E-state index contributed by atoms with van der Waals surface area (Å²) in [6.07, 6.45) is 3.46. The zero-order valence-electron chi connectivity index (χ0n) is 12.1. The van der Waals surface area contributed by atoms with Crippen molar-refractivity contribution in [2.45, 2.75) is 39.2 Å². The maximum atomic E-state index is 12.3. The summed E-state index contributed by atoms with van der Waals surface area (Å²) in [5, 5.41) is 3.15. The van der Waals surface area contributed by atoms with Crippen LogP contribution in [0.1, 0.15) is 49.0 Å². The molecule has 2 rings (SSSR count). The fourth-order valence-corrected chi connectivity index (χ4v) is 3.22.